The van der Waals surface area contributed by atoms with E-state index in [9.17, 15) is 9.59 Å². The van der Waals surface area contributed by atoms with Crippen LogP contribution in [0.2, 0.25) is 0 Å². The highest BCUT2D eigenvalue weighted by molar-refractivity contribution is 7.32. The van der Waals surface area contributed by atoms with E-state index in [1.54, 1.807) is 0 Å². The van der Waals surface area contributed by atoms with Crippen molar-refractivity contribution in [1.29, 1.82) is 0 Å². The molecule has 2 heterocycles. The Morgan fingerprint density at radius 1 is 1.40 bits per heavy atom. The molecule has 0 saturated heterocycles. The van der Waals surface area contributed by atoms with E-state index in [2.05, 4.69) is 4.88 Å². The fourth-order valence-electron chi connectivity index (χ4n) is 0.689. The van der Waals surface area contributed by atoms with E-state index in [0.29, 0.717) is 0 Å². The standard InChI is InChI=1S/C4H3N3O2P/c8-3-1-2-4(9)6(3)7-5-10-7/h1-2,10H/q+1. The van der Waals surface area contributed by atoms with Crippen LogP contribution in [-0.2, 0) is 9.59 Å². The molecule has 5 nitrogen and oxygen atoms in total. The molecule has 6 heteroatoms. The van der Waals surface area contributed by atoms with E-state index in [-0.39, 0.29) is 20.7 Å². The maximum Gasteiger partial charge on any atom is 0.425 e. The van der Waals surface area contributed by atoms with Gasteiger partial charge in [-0.15, -0.1) is 0 Å². The molecule has 0 fully saturated rings. The maximum atomic E-state index is 10.8. The number of carbonyl (C=O) groups is 2. The Balaban J connectivity index is 2.29. The number of carbonyl (C=O) groups excluding carboxylic acids is 2. The number of hydrogen-bond acceptors (Lipinski definition) is 3. The second-order valence-corrected chi connectivity index (χ2v) is 2.61. The van der Waals surface area contributed by atoms with Crippen molar-refractivity contribution >= 4 is 20.7 Å². The molecule has 0 aromatic heterocycles. The lowest BCUT2D eigenvalue weighted by molar-refractivity contribution is -0.517. The third kappa shape index (κ3) is 0.675. The van der Waals surface area contributed by atoms with Gasteiger partial charge in [0.25, 0.3) is 0 Å². The van der Waals surface area contributed by atoms with Gasteiger partial charge in [0.2, 0.25) is 0 Å². The summed E-state index contributed by atoms with van der Waals surface area (Å²) in [4.78, 5) is 25.3. The number of hydrogen-bond donors (Lipinski definition) is 0. The first kappa shape index (κ1) is 5.68. The van der Waals surface area contributed by atoms with Crippen LogP contribution in [0.3, 0.4) is 0 Å². The molecular weight excluding hydrogens is 153 g/mol. The van der Waals surface area contributed by atoms with Crippen LogP contribution in [0.4, 0.5) is 0 Å². The Hall–Kier alpha value is -1.09. The average molecular weight is 156 g/mol. The van der Waals surface area contributed by atoms with E-state index in [0.717, 1.165) is 5.01 Å². The van der Waals surface area contributed by atoms with Crippen LogP contribution in [0.1, 0.15) is 0 Å². The Bertz CT molecular complexity index is 264. The van der Waals surface area contributed by atoms with E-state index >= 15 is 0 Å². The summed E-state index contributed by atoms with van der Waals surface area (Å²) in [7, 11) is 0.233. The van der Waals surface area contributed by atoms with Crippen molar-refractivity contribution in [2.45, 2.75) is 0 Å². The zero-order valence-electron chi connectivity index (χ0n) is 4.81. The van der Waals surface area contributed by atoms with Gasteiger partial charge in [0, 0.05) is 12.2 Å². The zero-order chi connectivity index (χ0) is 7.14. The van der Waals surface area contributed by atoms with Gasteiger partial charge >= 0.3 is 20.7 Å². The first-order valence-electron chi connectivity index (χ1n) is 2.61. The largest absolute Gasteiger partial charge is 0.425 e. The van der Waals surface area contributed by atoms with Crippen LogP contribution in [0.5, 0.6) is 0 Å². The van der Waals surface area contributed by atoms with Crippen LogP contribution in [-0.4, -0.2) is 21.4 Å². The smallest absolute Gasteiger partial charge is 0.263 e. The van der Waals surface area contributed by atoms with Crippen LogP contribution in [0, 0.1) is 0 Å². The van der Waals surface area contributed by atoms with Gasteiger partial charge < -0.3 is 0 Å². The molecule has 0 aliphatic carbocycles. The number of amides is 2. The Kier molecular flexibility index (Phi) is 0.964. The van der Waals surface area contributed by atoms with Gasteiger partial charge in [-0.25, -0.2) is 0 Å². The monoisotopic (exact) mass is 156 g/mol. The summed E-state index contributed by atoms with van der Waals surface area (Å²) in [6.07, 6.45) is 2.47. The molecule has 2 rings (SSSR count). The molecule has 0 N–H and O–H groups in total. The van der Waals surface area contributed by atoms with Gasteiger partial charge in [0.05, 0.1) is 9.46 Å². The lowest BCUT2D eigenvalue weighted by atomic mass is 10.6. The van der Waals surface area contributed by atoms with Crippen molar-refractivity contribution in [3.63, 3.8) is 0 Å². The van der Waals surface area contributed by atoms with Crippen molar-refractivity contribution in [2.24, 2.45) is 4.88 Å². The summed E-state index contributed by atoms with van der Waals surface area (Å²) in [5.41, 5.74) is 0. The lowest BCUT2D eigenvalue weighted by Crippen LogP contribution is -2.30. The Morgan fingerprint density at radius 2 is 1.90 bits per heavy atom. The summed E-state index contributed by atoms with van der Waals surface area (Å²) in [6, 6.07) is 0. The van der Waals surface area contributed by atoms with Crippen LogP contribution in [0.25, 0.3) is 0 Å². The predicted molar refractivity (Wildman–Crippen MR) is 32.0 cm³/mol. The number of nitrogens with zero attached hydrogens (tertiary/aromatic N) is 3. The molecule has 2 amide bonds. The molecule has 0 radical (unpaired) electrons. The normalized spacial score (nSPS) is 24.4. The van der Waals surface area contributed by atoms with Crippen LogP contribution in [0.15, 0.2) is 17.0 Å². The number of rotatable bonds is 1. The average Bonchev–Trinajstić information content (AvgIpc) is 2.64. The van der Waals surface area contributed by atoms with Gasteiger partial charge in [0.15, 0.2) is 0 Å². The first-order valence-corrected chi connectivity index (χ1v) is 3.51. The minimum atomic E-state index is -0.307. The van der Waals surface area contributed by atoms with Gasteiger partial charge in [-0.1, -0.05) is 0 Å². The van der Waals surface area contributed by atoms with E-state index < -0.39 is 0 Å². The summed E-state index contributed by atoms with van der Waals surface area (Å²) in [6.45, 7) is 0. The summed E-state index contributed by atoms with van der Waals surface area (Å²) in [5, 5.41) is 1.01. The molecule has 2 aliphatic rings. The molecule has 0 aromatic rings. The highest BCUT2D eigenvalue weighted by Crippen LogP contribution is 2.33. The van der Waals surface area contributed by atoms with Gasteiger partial charge in [-0.05, 0) is 5.01 Å². The molecule has 0 saturated carbocycles. The van der Waals surface area contributed by atoms with Crippen molar-refractivity contribution in [2.75, 3.05) is 0 Å². The molecule has 10 heavy (non-hydrogen) atoms. The zero-order valence-corrected chi connectivity index (χ0v) is 5.81. The highest BCUT2D eigenvalue weighted by Gasteiger charge is 2.43. The molecule has 50 valence electrons. The summed E-state index contributed by atoms with van der Waals surface area (Å²) in [5.74, 6) is -0.613. The third-order valence-corrected chi connectivity index (χ3v) is 1.74. The Labute approximate surface area is 57.9 Å². The first-order chi connectivity index (χ1) is 4.79. The number of hydrazine groups is 1. The predicted octanol–water partition coefficient (Wildman–Crippen LogP) is -0.187. The Morgan fingerprint density at radius 3 is 2.30 bits per heavy atom. The lowest BCUT2D eigenvalue weighted by Gasteiger charge is -1.94. The van der Waals surface area contributed by atoms with Crippen molar-refractivity contribution in [1.82, 2.24) is 5.01 Å². The highest BCUT2D eigenvalue weighted by atomic mass is 31.1. The van der Waals surface area contributed by atoms with Gasteiger partial charge in [-0.2, -0.15) is 0 Å². The van der Waals surface area contributed by atoms with Crippen LogP contribution < -0.4 is 0 Å². The van der Waals surface area contributed by atoms with E-state index in [4.69, 9.17) is 0 Å². The van der Waals surface area contributed by atoms with Crippen molar-refractivity contribution < 1.29 is 14.2 Å². The topological polar surface area (TPSA) is 52.8 Å². The molecule has 0 spiro atoms. The molecule has 0 aromatic carbocycles. The maximum absolute atomic E-state index is 10.8. The molecule has 0 bridgehead atoms. The quantitative estimate of drug-likeness (QED) is 0.390. The second kappa shape index (κ2) is 1.70. The number of imide groups is 1. The molecule has 1 unspecified atom stereocenters. The second-order valence-electron chi connectivity index (χ2n) is 1.81. The van der Waals surface area contributed by atoms with E-state index in [1.807, 2.05) is 0 Å². The SMILES string of the molecule is O=C1C=CC(=O)N1[N+]1=NP1. The fourth-order valence-corrected chi connectivity index (χ4v) is 1.10. The minimum Gasteiger partial charge on any atom is -0.263 e. The van der Waals surface area contributed by atoms with Crippen molar-refractivity contribution in [3.8, 4) is 0 Å². The molecular formula is C4H3N3O2P+. The van der Waals surface area contributed by atoms with Crippen LogP contribution >= 0.6 is 8.88 Å². The third-order valence-electron chi connectivity index (χ3n) is 1.16. The van der Waals surface area contributed by atoms with E-state index in [1.165, 1.54) is 16.7 Å². The minimum absolute atomic E-state index is 0.233. The summed E-state index contributed by atoms with van der Waals surface area (Å²) >= 11 is 0. The molecule has 1 atom stereocenters. The summed E-state index contributed by atoms with van der Waals surface area (Å²) < 4.78 is 1.35. The van der Waals surface area contributed by atoms with Gasteiger partial charge in [-0.3, -0.25) is 9.59 Å². The molecule has 2 aliphatic heterocycles. The van der Waals surface area contributed by atoms with Gasteiger partial charge in [0.1, 0.15) is 0 Å². The van der Waals surface area contributed by atoms with Crippen molar-refractivity contribution in [3.05, 3.63) is 12.2 Å². The fraction of sp³-hybridized carbons (Fsp3) is 0.